The molecule has 0 saturated carbocycles. The third-order valence-corrected chi connectivity index (χ3v) is 2.74. The molecule has 100 valence electrons. The van der Waals surface area contributed by atoms with Gasteiger partial charge in [0.25, 0.3) is 0 Å². The van der Waals surface area contributed by atoms with E-state index in [9.17, 15) is 10.1 Å². The van der Waals surface area contributed by atoms with Gasteiger partial charge in [0.2, 0.25) is 12.1 Å². The molecule has 0 aliphatic carbocycles. The zero-order chi connectivity index (χ0) is 13.8. The molecule has 0 fully saturated rings. The zero-order valence-corrected chi connectivity index (χ0v) is 10.7. The maximum absolute atomic E-state index is 10.9. The lowest BCUT2D eigenvalue weighted by molar-refractivity contribution is -0.388. The van der Waals surface area contributed by atoms with Crippen molar-refractivity contribution >= 4 is 11.6 Å². The Kier molecular flexibility index (Phi) is 3.69. The lowest BCUT2D eigenvalue weighted by Gasteiger charge is -2.17. The molecular weight excluding hydrogens is 248 g/mol. The molecule has 0 saturated heterocycles. The Balaban J connectivity index is 2.10. The first kappa shape index (κ1) is 12.9. The second kappa shape index (κ2) is 5.42. The van der Waals surface area contributed by atoms with E-state index in [0.717, 1.165) is 5.69 Å². The predicted molar refractivity (Wildman–Crippen MR) is 68.9 cm³/mol. The van der Waals surface area contributed by atoms with E-state index < -0.39 is 4.92 Å². The van der Waals surface area contributed by atoms with Crippen molar-refractivity contribution in [3.63, 3.8) is 0 Å². The van der Waals surface area contributed by atoms with E-state index >= 15 is 0 Å². The lowest BCUT2D eigenvalue weighted by atomic mass is 10.3. The molecule has 8 heteroatoms. The minimum absolute atomic E-state index is 0.135. The molecule has 0 atom stereocenters. The van der Waals surface area contributed by atoms with Crippen molar-refractivity contribution in [1.29, 1.82) is 0 Å². The summed E-state index contributed by atoms with van der Waals surface area (Å²) >= 11 is 0. The molecule has 0 unspecified atom stereocenters. The molecule has 2 aromatic heterocycles. The summed E-state index contributed by atoms with van der Waals surface area (Å²) in [6.45, 7) is 0.596. The fraction of sp³-hybridized carbons (Fsp3) is 0.364. The number of imidazole rings is 1. The first-order valence-corrected chi connectivity index (χ1v) is 5.71. The number of likely N-dealkylation sites (N-methyl/N-ethyl adjacent to an activating group) is 1. The van der Waals surface area contributed by atoms with Gasteiger partial charge >= 0.3 is 5.82 Å². The SMILES string of the molecule is CN(CCc1cnccn1)c1c([N+](=O)[O-])ncn1C. The highest BCUT2D eigenvalue weighted by Crippen LogP contribution is 2.24. The van der Waals surface area contributed by atoms with E-state index in [0.29, 0.717) is 18.8 Å². The number of aromatic nitrogens is 4. The molecule has 2 heterocycles. The Bertz CT molecular complexity index is 568. The van der Waals surface area contributed by atoms with E-state index in [1.807, 2.05) is 0 Å². The average molecular weight is 262 g/mol. The minimum atomic E-state index is -0.478. The molecule has 0 radical (unpaired) electrons. The van der Waals surface area contributed by atoms with Crippen LogP contribution < -0.4 is 4.90 Å². The third-order valence-electron chi connectivity index (χ3n) is 2.74. The molecule has 0 spiro atoms. The van der Waals surface area contributed by atoms with E-state index in [2.05, 4.69) is 15.0 Å². The number of anilines is 1. The van der Waals surface area contributed by atoms with Crippen LogP contribution in [0.25, 0.3) is 0 Å². The minimum Gasteiger partial charge on any atom is -0.358 e. The Morgan fingerprint density at radius 1 is 1.42 bits per heavy atom. The molecule has 0 N–H and O–H groups in total. The van der Waals surface area contributed by atoms with Crippen LogP contribution in [0, 0.1) is 10.1 Å². The number of hydrogen-bond donors (Lipinski definition) is 0. The van der Waals surface area contributed by atoms with Gasteiger partial charge in [-0.05, 0) is 9.91 Å². The second-order valence-corrected chi connectivity index (χ2v) is 4.13. The van der Waals surface area contributed by atoms with Gasteiger partial charge in [0.15, 0.2) is 0 Å². The largest absolute Gasteiger partial charge is 0.406 e. The highest BCUT2D eigenvalue weighted by atomic mass is 16.6. The van der Waals surface area contributed by atoms with E-state index in [1.165, 1.54) is 6.33 Å². The lowest BCUT2D eigenvalue weighted by Crippen LogP contribution is -2.23. The second-order valence-electron chi connectivity index (χ2n) is 4.13. The van der Waals surface area contributed by atoms with Crippen molar-refractivity contribution in [2.24, 2.45) is 7.05 Å². The first-order valence-electron chi connectivity index (χ1n) is 5.71. The number of hydrogen-bond acceptors (Lipinski definition) is 6. The summed E-state index contributed by atoms with van der Waals surface area (Å²) in [6, 6.07) is 0. The van der Waals surface area contributed by atoms with Crippen molar-refractivity contribution in [1.82, 2.24) is 19.5 Å². The number of nitro groups is 1. The van der Waals surface area contributed by atoms with Gasteiger partial charge < -0.3 is 15.0 Å². The summed E-state index contributed by atoms with van der Waals surface area (Å²) in [7, 11) is 3.52. The molecule has 0 amide bonds. The van der Waals surface area contributed by atoms with Gasteiger partial charge in [-0.25, -0.2) is 0 Å². The molecule has 19 heavy (non-hydrogen) atoms. The summed E-state index contributed by atoms with van der Waals surface area (Å²) in [6.07, 6.45) is 7.02. The Hall–Kier alpha value is -2.51. The van der Waals surface area contributed by atoms with Crippen LogP contribution in [0.1, 0.15) is 5.69 Å². The molecule has 2 aromatic rings. The van der Waals surface area contributed by atoms with Gasteiger partial charge in [-0.15, -0.1) is 0 Å². The topological polar surface area (TPSA) is 90.0 Å². The van der Waals surface area contributed by atoms with Gasteiger partial charge in [-0.3, -0.25) is 14.5 Å². The van der Waals surface area contributed by atoms with Crippen LogP contribution in [0.3, 0.4) is 0 Å². The highest BCUT2D eigenvalue weighted by molar-refractivity contribution is 5.53. The zero-order valence-electron chi connectivity index (χ0n) is 10.7. The van der Waals surface area contributed by atoms with Gasteiger partial charge in [0, 0.05) is 45.7 Å². The van der Waals surface area contributed by atoms with Gasteiger partial charge in [0.05, 0.1) is 5.69 Å². The normalized spacial score (nSPS) is 10.4. The number of aryl methyl sites for hydroxylation is 1. The average Bonchev–Trinajstić information content (AvgIpc) is 2.79. The molecule has 0 aliphatic heterocycles. The fourth-order valence-corrected chi connectivity index (χ4v) is 1.83. The third kappa shape index (κ3) is 2.84. The van der Waals surface area contributed by atoms with Crippen molar-refractivity contribution < 1.29 is 4.92 Å². The predicted octanol–water partition coefficient (Wildman–Crippen LogP) is 0.797. The van der Waals surface area contributed by atoms with Crippen LogP contribution in [0.4, 0.5) is 11.6 Å². The quantitative estimate of drug-likeness (QED) is 0.584. The monoisotopic (exact) mass is 262 g/mol. The van der Waals surface area contributed by atoms with Crippen molar-refractivity contribution in [2.75, 3.05) is 18.5 Å². The summed E-state index contributed by atoms with van der Waals surface area (Å²) < 4.78 is 1.63. The standard InChI is InChI=1S/C11H14N6O2/c1-15(6-3-9-7-12-4-5-13-9)11-10(17(18)19)14-8-16(11)2/h4-5,7-8H,3,6H2,1-2H3. The summed E-state index contributed by atoms with van der Waals surface area (Å²) in [5, 5.41) is 10.9. The maximum atomic E-state index is 10.9. The van der Waals surface area contributed by atoms with E-state index in [1.54, 1.807) is 42.2 Å². The number of rotatable bonds is 5. The van der Waals surface area contributed by atoms with Crippen LogP contribution in [0.15, 0.2) is 24.9 Å². The molecule has 8 nitrogen and oxygen atoms in total. The Morgan fingerprint density at radius 3 is 2.84 bits per heavy atom. The summed E-state index contributed by atoms with van der Waals surface area (Å²) in [5.74, 6) is 0.345. The van der Waals surface area contributed by atoms with Gasteiger partial charge in [-0.1, -0.05) is 0 Å². The van der Waals surface area contributed by atoms with Gasteiger partial charge in [-0.2, -0.15) is 0 Å². The highest BCUT2D eigenvalue weighted by Gasteiger charge is 2.23. The maximum Gasteiger partial charge on any atom is 0.406 e. The number of nitrogens with zero attached hydrogens (tertiary/aromatic N) is 6. The molecule has 0 aromatic carbocycles. The van der Waals surface area contributed by atoms with Crippen LogP contribution >= 0.6 is 0 Å². The molecule has 2 rings (SSSR count). The van der Waals surface area contributed by atoms with Crippen molar-refractivity contribution in [2.45, 2.75) is 6.42 Å². The molecule has 0 bridgehead atoms. The fourth-order valence-electron chi connectivity index (χ4n) is 1.83. The van der Waals surface area contributed by atoms with E-state index in [-0.39, 0.29) is 5.82 Å². The van der Waals surface area contributed by atoms with Crippen LogP contribution in [-0.4, -0.2) is 38.0 Å². The van der Waals surface area contributed by atoms with Crippen LogP contribution in [0.5, 0.6) is 0 Å². The molecular formula is C11H14N6O2. The Morgan fingerprint density at radius 2 is 2.21 bits per heavy atom. The van der Waals surface area contributed by atoms with Crippen LogP contribution in [0.2, 0.25) is 0 Å². The Labute approximate surface area is 109 Å². The van der Waals surface area contributed by atoms with Gasteiger partial charge in [0.1, 0.15) is 0 Å². The first-order chi connectivity index (χ1) is 9.09. The van der Waals surface area contributed by atoms with Crippen LogP contribution in [-0.2, 0) is 13.5 Å². The van der Waals surface area contributed by atoms with Crippen molar-refractivity contribution in [3.8, 4) is 0 Å². The van der Waals surface area contributed by atoms with E-state index in [4.69, 9.17) is 0 Å². The molecule has 0 aliphatic rings. The summed E-state index contributed by atoms with van der Waals surface area (Å²) in [4.78, 5) is 24.1. The smallest absolute Gasteiger partial charge is 0.358 e. The van der Waals surface area contributed by atoms with Crippen molar-refractivity contribution in [3.05, 3.63) is 40.7 Å². The summed E-state index contributed by atoms with van der Waals surface area (Å²) in [5.41, 5.74) is 0.846.